The zero-order chi connectivity index (χ0) is 18.7. The van der Waals surface area contributed by atoms with Crippen molar-refractivity contribution in [2.45, 2.75) is 25.5 Å². The maximum Gasteiger partial charge on any atom is 0.339 e. The molecule has 0 spiro atoms. The van der Waals surface area contributed by atoms with Crippen molar-refractivity contribution in [1.29, 1.82) is 0 Å². The molecule has 0 saturated carbocycles. The van der Waals surface area contributed by atoms with Crippen LogP contribution >= 0.6 is 0 Å². The van der Waals surface area contributed by atoms with Gasteiger partial charge in [-0.1, -0.05) is 12.6 Å². The lowest BCUT2D eigenvalue weighted by Crippen LogP contribution is -2.19. The van der Waals surface area contributed by atoms with E-state index in [-0.39, 0.29) is 12.2 Å². The SMILES string of the molecule is C=Cc1nn(C2CCCCO2)c2ccc(/C(=C\N(C)C)C(=O)OC)cc12. The molecular formula is C20H25N3O3. The maximum atomic E-state index is 12.2. The molecule has 1 aliphatic rings. The third kappa shape index (κ3) is 3.51. The molecule has 0 radical (unpaired) electrons. The smallest absolute Gasteiger partial charge is 0.339 e. The quantitative estimate of drug-likeness (QED) is 0.607. The first-order valence-electron chi connectivity index (χ1n) is 8.78. The van der Waals surface area contributed by atoms with E-state index >= 15 is 0 Å². The first-order chi connectivity index (χ1) is 12.5. The molecule has 6 nitrogen and oxygen atoms in total. The Morgan fingerprint density at radius 3 is 2.85 bits per heavy atom. The second-order valence-corrected chi connectivity index (χ2v) is 6.59. The van der Waals surface area contributed by atoms with Crippen molar-refractivity contribution in [3.63, 3.8) is 0 Å². The Balaban J connectivity index is 2.10. The topological polar surface area (TPSA) is 56.6 Å². The lowest BCUT2D eigenvalue weighted by molar-refractivity contribution is -0.133. The third-order valence-corrected chi connectivity index (χ3v) is 4.46. The van der Waals surface area contributed by atoms with Gasteiger partial charge >= 0.3 is 5.97 Å². The van der Waals surface area contributed by atoms with E-state index in [1.807, 2.05) is 41.9 Å². The molecule has 1 saturated heterocycles. The number of ether oxygens (including phenoxy) is 2. The van der Waals surface area contributed by atoms with Crippen LogP contribution in [0.5, 0.6) is 0 Å². The summed E-state index contributed by atoms with van der Waals surface area (Å²) in [4.78, 5) is 14.0. The molecular weight excluding hydrogens is 330 g/mol. The van der Waals surface area contributed by atoms with Crippen molar-refractivity contribution in [3.8, 4) is 0 Å². The second kappa shape index (κ2) is 7.74. The fourth-order valence-electron chi connectivity index (χ4n) is 3.23. The summed E-state index contributed by atoms with van der Waals surface area (Å²) < 4.78 is 12.8. The van der Waals surface area contributed by atoms with Crippen molar-refractivity contribution in [3.05, 3.63) is 42.2 Å². The van der Waals surface area contributed by atoms with Gasteiger partial charge in [0.05, 0.1) is 23.9 Å². The first kappa shape index (κ1) is 18.2. The second-order valence-electron chi connectivity index (χ2n) is 6.59. The van der Waals surface area contributed by atoms with Crippen LogP contribution in [0, 0.1) is 0 Å². The van der Waals surface area contributed by atoms with Gasteiger partial charge in [0.1, 0.15) is 0 Å². The zero-order valence-electron chi connectivity index (χ0n) is 15.6. The lowest BCUT2D eigenvalue weighted by atomic mass is 10.0. The summed E-state index contributed by atoms with van der Waals surface area (Å²) in [5, 5.41) is 5.63. The van der Waals surface area contributed by atoms with E-state index in [1.165, 1.54) is 7.11 Å². The molecule has 3 rings (SSSR count). The van der Waals surface area contributed by atoms with E-state index in [2.05, 4.69) is 11.7 Å². The number of carbonyl (C=O) groups is 1. The number of benzene rings is 1. The number of aromatic nitrogens is 2. The molecule has 0 N–H and O–H groups in total. The number of carbonyl (C=O) groups excluding carboxylic acids is 1. The van der Waals surface area contributed by atoms with Crippen LogP contribution in [-0.2, 0) is 14.3 Å². The molecule has 0 bridgehead atoms. The zero-order valence-corrected chi connectivity index (χ0v) is 15.6. The molecule has 2 heterocycles. The predicted octanol–water partition coefficient (Wildman–Crippen LogP) is 3.45. The van der Waals surface area contributed by atoms with Crippen molar-refractivity contribution in [2.75, 3.05) is 27.8 Å². The van der Waals surface area contributed by atoms with Crippen LogP contribution in [0.25, 0.3) is 22.6 Å². The number of hydrogen-bond donors (Lipinski definition) is 0. The van der Waals surface area contributed by atoms with Gasteiger partial charge in [0.2, 0.25) is 0 Å². The standard InChI is InChI=1S/C20H25N3O3/c1-5-17-15-12-14(16(13-22(2)3)20(24)25-4)9-10-18(15)23(21-17)19-8-6-7-11-26-19/h5,9-10,12-13,19H,1,6-8,11H2,2-4H3/b16-13+. The van der Waals surface area contributed by atoms with Crippen molar-refractivity contribution >= 4 is 28.5 Å². The molecule has 1 aliphatic heterocycles. The van der Waals surface area contributed by atoms with E-state index in [0.717, 1.165) is 48.0 Å². The highest BCUT2D eigenvalue weighted by atomic mass is 16.5. The van der Waals surface area contributed by atoms with E-state index in [9.17, 15) is 4.79 Å². The van der Waals surface area contributed by atoms with Gasteiger partial charge in [-0.2, -0.15) is 5.10 Å². The van der Waals surface area contributed by atoms with Gasteiger partial charge in [-0.3, -0.25) is 0 Å². The lowest BCUT2D eigenvalue weighted by Gasteiger charge is -2.23. The molecule has 1 aromatic carbocycles. The summed E-state index contributed by atoms with van der Waals surface area (Å²) in [6.45, 7) is 4.64. The highest BCUT2D eigenvalue weighted by Gasteiger charge is 2.21. The normalized spacial score (nSPS) is 18.0. The summed E-state index contributed by atoms with van der Waals surface area (Å²) in [5.74, 6) is -0.374. The maximum absolute atomic E-state index is 12.2. The van der Waals surface area contributed by atoms with E-state index in [1.54, 1.807) is 12.3 Å². The highest BCUT2D eigenvalue weighted by Crippen LogP contribution is 2.30. The fourth-order valence-corrected chi connectivity index (χ4v) is 3.23. The average molecular weight is 355 g/mol. The van der Waals surface area contributed by atoms with E-state index < -0.39 is 0 Å². The Kier molecular flexibility index (Phi) is 5.42. The minimum absolute atomic E-state index is 0.0526. The average Bonchev–Trinajstić information content (AvgIpc) is 3.04. The van der Waals surface area contributed by atoms with Gasteiger partial charge < -0.3 is 14.4 Å². The summed E-state index contributed by atoms with van der Waals surface area (Å²) in [5.41, 5.74) is 3.04. The monoisotopic (exact) mass is 355 g/mol. The minimum atomic E-state index is -0.374. The van der Waals surface area contributed by atoms with Crippen LogP contribution in [0.2, 0.25) is 0 Å². The molecule has 138 valence electrons. The Hall–Kier alpha value is -2.60. The van der Waals surface area contributed by atoms with Crippen LogP contribution in [0.15, 0.2) is 31.0 Å². The summed E-state index contributed by atoms with van der Waals surface area (Å²) in [6.07, 6.45) is 6.61. The summed E-state index contributed by atoms with van der Waals surface area (Å²) >= 11 is 0. The largest absolute Gasteiger partial charge is 0.465 e. The van der Waals surface area contributed by atoms with Crippen molar-refractivity contribution in [1.82, 2.24) is 14.7 Å². The molecule has 1 unspecified atom stereocenters. The highest BCUT2D eigenvalue weighted by molar-refractivity contribution is 6.17. The van der Waals surface area contributed by atoms with Crippen LogP contribution in [-0.4, -0.2) is 48.5 Å². The molecule has 6 heteroatoms. The number of nitrogens with zero attached hydrogens (tertiary/aromatic N) is 3. The molecule has 0 aliphatic carbocycles. The Morgan fingerprint density at radius 1 is 1.42 bits per heavy atom. The molecule has 0 amide bonds. The molecule has 26 heavy (non-hydrogen) atoms. The van der Waals surface area contributed by atoms with Crippen molar-refractivity contribution < 1.29 is 14.3 Å². The van der Waals surface area contributed by atoms with Gasteiger partial charge in [-0.15, -0.1) is 0 Å². The number of methoxy groups -OCH3 is 1. The van der Waals surface area contributed by atoms with Gasteiger partial charge in [-0.25, -0.2) is 9.48 Å². The van der Waals surface area contributed by atoms with Crippen LogP contribution < -0.4 is 0 Å². The van der Waals surface area contributed by atoms with Gasteiger partial charge in [0.15, 0.2) is 6.23 Å². The van der Waals surface area contributed by atoms with E-state index in [0.29, 0.717) is 5.57 Å². The number of hydrogen-bond acceptors (Lipinski definition) is 5. The van der Waals surface area contributed by atoms with Crippen molar-refractivity contribution in [2.24, 2.45) is 0 Å². The minimum Gasteiger partial charge on any atom is -0.465 e. The number of fused-ring (bicyclic) bond motifs is 1. The Morgan fingerprint density at radius 2 is 2.23 bits per heavy atom. The molecule has 2 aromatic rings. The molecule has 1 aromatic heterocycles. The number of esters is 1. The number of rotatable bonds is 5. The summed E-state index contributed by atoms with van der Waals surface area (Å²) in [6, 6.07) is 5.86. The van der Waals surface area contributed by atoms with Gasteiger partial charge in [0.25, 0.3) is 0 Å². The van der Waals surface area contributed by atoms with E-state index in [4.69, 9.17) is 9.47 Å². The molecule has 1 atom stereocenters. The van der Waals surface area contributed by atoms with Crippen LogP contribution in [0.4, 0.5) is 0 Å². The Labute approximate surface area is 153 Å². The Bertz CT molecular complexity index is 845. The fraction of sp³-hybridized carbons (Fsp3) is 0.400. The van der Waals surface area contributed by atoms with Crippen LogP contribution in [0.1, 0.15) is 36.7 Å². The van der Waals surface area contributed by atoms with Gasteiger partial charge in [0, 0.05) is 32.3 Å². The van der Waals surface area contributed by atoms with Crippen LogP contribution in [0.3, 0.4) is 0 Å². The third-order valence-electron chi connectivity index (χ3n) is 4.46. The first-order valence-corrected chi connectivity index (χ1v) is 8.78. The summed E-state index contributed by atoms with van der Waals surface area (Å²) in [7, 11) is 5.13. The molecule has 1 fully saturated rings. The van der Waals surface area contributed by atoms with Gasteiger partial charge in [-0.05, 0) is 43.0 Å². The predicted molar refractivity (Wildman–Crippen MR) is 102 cm³/mol.